The minimum Gasteiger partial charge on any atom is -0.259 e. The van der Waals surface area contributed by atoms with Gasteiger partial charge in [0.25, 0.3) is 0 Å². The van der Waals surface area contributed by atoms with E-state index in [4.69, 9.17) is 0 Å². The predicted molar refractivity (Wildman–Crippen MR) is 63.0 cm³/mol. The second-order valence-corrected chi connectivity index (χ2v) is 3.95. The van der Waals surface area contributed by atoms with Gasteiger partial charge in [-0.1, -0.05) is 12.1 Å². The van der Waals surface area contributed by atoms with Gasteiger partial charge in [-0.15, -0.1) is 0 Å². The van der Waals surface area contributed by atoms with E-state index < -0.39 is 0 Å². The van der Waals surface area contributed by atoms with Crippen molar-refractivity contribution in [1.82, 2.24) is 4.98 Å². The van der Waals surface area contributed by atoms with E-state index in [9.17, 15) is 0 Å². The van der Waals surface area contributed by atoms with E-state index >= 15 is 0 Å². The van der Waals surface area contributed by atoms with Crippen molar-refractivity contribution in [1.29, 1.82) is 0 Å². The lowest BCUT2D eigenvalue weighted by Crippen LogP contribution is -1.96. The SMILES string of the molecule is Cc1cc2c(c3ncccc13)N=CCC2. The summed E-state index contributed by atoms with van der Waals surface area (Å²) in [6.07, 6.45) is 5.97. The standard InChI is InChI=1S/C13H12N2/c1-9-8-10-4-2-6-14-12(10)13-11(9)5-3-7-15-13/h3,5-8H,2,4H2,1H3. The average molecular weight is 196 g/mol. The topological polar surface area (TPSA) is 25.2 Å². The molecule has 0 atom stereocenters. The first kappa shape index (κ1) is 8.60. The second-order valence-electron chi connectivity index (χ2n) is 3.95. The Hall–Kier alpha value is -1.70. The minimum atomic E-state index is 1.04. The van der Waals surface area contributed by atoms with Crippen molar-refractivity contribution in [3.63, 3.8) is 0 Å². The Morgan fingerprint density at radius 1 is 1.33 bits per heavy atom. The summed E-state index contributed by atoms with van der Waals surface area (Å²) in [5.74, 6) is 0. The van der Waals surface area contributed by atoms with Gasteiger partial charge in [0, 0.05) is 17.8 Å². The molecule has 0 N–H and O–H groups in total. The number of fused-ring (bicyclic) bond motifs is 3. The van der Waals surface area contributed by atoms with Crippen molar-refractivity contribution < 1.29 is 0 Å². The first-order valence-electron chi connectivity index (χ1n) is 5.26. The zero-order valence-electron chi connectivity index (χ0n) is 8.70. The van der Waals surface area contributed by atoms with Gasteiger partial charge in [0.05, 0.1) is 11.2 Å². The van der Waals surface area contributed by atoms with E-state index in [0.29, 0.717) is 0 Å². The second kappa shape index (κ2) is 3.16. The monoisotopic (exact) mass is 196 g/mol. The van der Waals surface area contributed by atoms with Crippen LogP contribution in [0.1, 0.15) is 17.5 Å². The predicted octanol–water partition coefficient (Wildman–Crippen LogP) is 3.19. The lowest BCUT2D eigenvalue weighted by molar-refractivity contribution is 1.03. The molecule has 0 amide bonds. The fourth-order valence-corrected chi connectivity index (χ4v) is 2.18. The molecular weight excluding hydrogens is 184 g/mol. The van der Waals surface area contributed by atoms with Crippen LogP contribution in [0.15, 0.2) is 29.4 Å². The summed E-state index contributed by atoms with van der Waals surface area (Å²) in [6.45, 7) is 2.14. The highest BCUT2D eigenvalue weighted by Crippen LogP contribution is 2.33. The zero-order chi connectivity index (χ0) is 10.3. The van der Waals surface area contributed by atoms with E-state index in [1.54, 1.807) is 0 Å². The molecule has 1 aliphatic rings. The normalized spacial score (nSPS) is 14.2. The molecule has 0 saturated carbocycles. The average Bonchev–Trinajstić information content (AvgIpc) is 2.30. The molecule has 0 spiro atoms. The van der Waals surface area contributed by atoms with E-state index in [0.717, 1.165) is 24.0 Å². The summed E-state index contributed by atoms with van der Waals surface area (Å²) in [7, 11) is 0. The largest absolute Gasteiger partial charge is 0.259 e. The van der Waals surface area contributed by atoms with Gasteiger partial charge in [-0.25, -0.2) is 0 Å². The lowest BCUT2D eigenvalue weighted by Gasteiger charge is -2.13. The Bertz CT molecular complexity index is 556. The van der Waals surface area contributed by atoms with E-state index in [-0.39, 0.29) is 0 Å². The summed E-state index contributed by atoms with van der Waals surface area (Å²) in [6, 6.07) is 6.34. The van der Waals surface area contributed by atoms with Crippen LogP contribution in [0.25, 0.3) is 10.9 Å². The van der Waals surface area contributed by atoms with Gasteiger partial charge < -0.3 is 0 Å². The Morgan fingerprint density at radius 2 is 2.27 bits per heavy atom. The summed E-state index contributed by atoms with van der Waals surface area (Å²) in [5, 5.41) is 1.22. The van der Waals surface area contributed by atoms with E-state index in [1.807, 2.05) is 18.5 Å². The molecule has 3 rings (SSSR count). The van der Waals surface area contributed by atoms with E-state index in [2.05, 4.69) is 29.0 Å². The summed E-state index contributed by atoms with van der Waals surface area (Å²) >= 11 is 0. The Balaban J connectivity index is 2.46. The van der Waals surface area contributed by atoms with Gasteiger partial charge in [0.2, 0.25) is 0 Å². The molecule has 2 nitrogen and oxygen atoms in total. The fraction of sp³-hybridized carbons (Fsp3) is 0.231. The van der Waals surface area contributed by atoms with Crippen LogP contribution in [0.5, 0.6) is 0 Å². The third kappa shape index (κ3) is 1.25. The van der Waals surface area contributed by atoms with Crippen LogP contribution < -0.4 is 0 Å². The number of aliphatic imine (C=N–C) groups is 1. The minimum absolute atomic E-state index is 1.04. The molecule has 0 unspecified atom stereocenters. The number of pyridine rings is 1. The molecule has 2 heterocycles. The number of benzene rings is 1. The van der Waals surface area contributed by atoms with Crippen molar-refractivity contribution in [3.05, 3.63) is 35.5 Å². The van der Waals surface area contributed by atoms with Crippen LogP contribution in [0.2, 0.25) is 0 Å². The van der Waals surface area contributed by atoms with Crippen molar-refractivity contribution in [2.75, 3.05) is 0 Å². The lowest BCUT2D eigenvalue weighted by atomic mass is 9.98. The van der Waals surface area contributed by atoms with Gasteiger partial charge in [0.1, 0.15) is 0 Å². The van der Waals surface area contributed by atoms with Crippen molar-refractivity contribution in [2.24, 2.45) is 4.99 Å². The maximum absolute atomic E-state index is 4.47. The highest BCUT2D eigenvalue weighted by Gasteiger charge is 2.12. The molecule has 15 heavy (non-hydrogen) atoms. The first-order valence-corrected chi connectivity index (χ1v) is 5.26. The van der Waals surface area contributed by atoms with Gasteiger partial charge in [0.15, 0.2) is 0 Å². The van der Waals surface area contributed by atoms with E-state index in [1.165, 1.54) is 16.5 Å². The maximum Gasteiger partial charge on any atom is 0.0963 e. The van der Waals surface area contributed by atoms with Crippen molar-refractivity contribution in [3.8, 4) is 0 Å². The van der Waals surface area contributed by atoms with Crippen LogP contribution in [0, 0.1) is 6.92 Å². The van der Waals surface area contributed by atoms with Crippen LogP contribution in [-0.2, 0) is 6.42 Å². The Morgan fingerprint density at radius 3 is 3.20 bits per heavy atom. The van der Waals surface area contributed by atoms with Crippen LogP contribution in [0.3, 0.4) is 0 Å². The van der Waals surface area contributed by atoms with Gasteiger partial charge in [-0.3, -0.25) is 9.98 Å². The Kier molecular flexibility index (Phi) is 1.81. The summed E-state index contributed by atoms with van der Waals surface area (Å²) in [5.41, 5.74) is 4.75. The quantitative estimate of drug-likeness (QED) is 0.635. The van der Waals surface area contributed by atoms with Crippen LogP contribution in [-0.4, -0.2) is 11.2 Å². The molecule has 0 bridgehead atoms. The summed E-state index contributed by atoms with van der Waals surface area (Å²) in [4.78, 5) is 8.92. The fourth-order valence-electron chi connectivity index (χ4n) is 2.18. The number of aryl methyl sites for hydroxylation is 2. The highest BCUT2D eigenvalue weighted by atomic mass is 14.8. The van der Waals surface area contributed by atoms with Gasteiger partial charge in [-0.05, 0) is 37.0 Å². The molecule has 1 aromatic heterocycles. The zero-order valence-corrected chi connectivity index (χ0v) is 8.70. The molecular formula is C13H12N2. The highest BCUT2D eigenvalue weighted by molar-refractivity contribution is 5.95. The molecule has 1 aromatic carbocycles. The van der Waals surface area contributed by atoms with Crippen molar-refractivity contribution >= 4 is 22.8 Å². The number of rotatable bonds is 0. The third-order valence-corrected chi connectivity index (χ3v) is 2.91. The number of nitrogens with zero attached hydrogens (tertiary/aromatic N) is 2. The molecule has 1 aliphatic heterocycles. The number of aromatic nitrogens is 1. The van der Waals surface area contributed by atoms with Crippen LogP contribution >= 0.6 is 0 Å². The van der Waals surface area contributed by atoms with Gasteiger partial charge >= 0.3 is 0 Å². The smallest absolute Gasteiger partial charge is 0.0963 e. The molecule has 2 heteroatoms. The third-order valence-electron chi connectivity index (χ3n) is 2.91. The Labute approximate surface area is 88.7 Å². The molecule has 0 radical (unpaired) electrons. The molecule has 0 aliphatic carbocycles. The number of hydrogen-bond donors (Lipinski definition) is 0. The molecule has 74 valence electrons. The first-order chi connectivity index (χ1) is 7.36. The van der Waals surface area contributed by atoms with Crippen molar-refractivity contribution in [2.45, 2.75) is 19.8 Å². The maximum atomic E-state index is 4.47. The van der Waals surface area contributed by atoms with Crippen LogP contribution in [0.4, 0.5) is 5.69 Å². The summed E-state index contributed by atoms with van der Waals surface area (Å²) < 4.78 is 0. The molecule has 0 fully saturated rings. The number of hydrogen-bond acceptors (Lipinski definition) is 2. The van der Waals surface area contributed by atoms with Gasteiger partial charge in [-0.2, -0.15) is 0 Å². The molecule has 2 aromatic rings. The molecule has 0 saturated heterocycles.